The van der Waals surface area contributed by atoms with Crippen molar-refractivity contribution in [2.45, 2.75) is 24.3 Å². The highest BCUT2D eigenvalue weighted by atomic mass is 35.5. The van der Waals surface area contributed by atoms with Gasteiger partial charge < -0.3 is 5.32 Å². The van der Waals surface area contributed by atoms with E-state index in [-0.39, 0.29) is 16.7 Å². The number of amides is 1. The molecule has 3 rings (SSSR count). The van der Waals surface area contributed by atoms with Crippen molar-refractivity contribution in [1.82, 2.24) is 9.88 Å². The number of piperidine rings is 1. The van der Waals surface area contributed by atoms with Crippen LogP contribution in [0.4, 0.5) is 5.69 Å². The van der Waals surface area contributed by atoms with Gasteiger partial charge >= 0.3 is 0 Å². The molecule has 27 heavy (non-hydrogen) atoms. The molecule has 0 spiro atoms. The standard InChI is InChI=1S/C18H21ClN4O3S/c19-17-14(2-1-9-21-17)12-23-10-7-13(8-11-23)18(24)22-15-3-5-16(6-4-15)27(20,25)26/h1-6,9,13H,7-8,10-12H2,(H,22,24)(H2,20,25,26). The van der Waals surface area contributed by atoms with Crippen LogP contribution >= 0.6 is 11.6 Å². The van der Waals surface area contributed by atoms with Gasteiger partial charge in [0.1, 0.15) is 5.15 Å². The zero-order chi connectivity index (χ0) is 19.4. The summed E-state index contributed by atoms with van der Waals surface area (Å²) in [6, 6.07) is 9.66. The number of nitrogens with zero attached hydrogens (tertiary/aromatic N) is 2. The third-order valence-electron chi connectivity index (χ3n) is 4.64. The largest absolute Gasteiger partial charge is 0.326 e. The molecule has 2 heterocycles. The number of benzene rings is 1. The van der Waals surface area contributed by atoms with Gasteiger partial charge in [-0.3, -0.25) is 9.69 Å². The van der Waals surface area contributed by atoms with E-state index in [4.69, 9.17) is 16.7 Å². The molecule has 0 saturated carbocycles. The normalized spacial score (nSPS) is 16.2. The van der Waals surface area contributed by atoms with Crippen LogP contribution in [-0.4, -0.2) is 37.3 Å². The second kappa shape index (κ2) is 8.35. The number of hydrogen-bond donors (Lipinski definition) is 2. The molecule has 0 bridgehead atoms. The molecule has 7 nitrogen and oxygen atoms in total. The number of carbonyl (C=O) groups excluding carboxylic acids is 1. The number of nitrogens with two attached hydrogens (primary N) is 1. The number of rotatable bonds is 5. The summed E-state index contributed by atoms with van der Waals surface area (Å²) in [6.07, 6.45) is 3.16. The molecule has 0 radical (unpaired) electrons. The number of hydrogen-bond acceptors (Lipinski definition) is 5. The summed E-state index contributed by atoms with van der Waals surface area (Å²) in [6.45, 7) is 2.32. The second-order valence-corrected chi connectivity index (χ2v) is 8.48. The zero-order valence-electron chi connectivity index (χ0n) is 14.6. The zero-order valence-corrected chi connectivity index (χ0v) is 16.2. The van der Waals surface area contributed by atoms with Gasteiger partial charge in [-0.1, -0.05) is 17.7 Å². The van der Waals surface area contributed by atoms with Crippen LogP contribution in [-0.2, 0) is 21.4 Å². The van der Waals surface area contributed by atoms with Crippen molar-refractivity contribution in [2.24, 2.45) is 11.1 Å². The van der Waals surface area contributed by atoms with Crippen LogP contribution in [0.1, 0.15) is 18.4 Å². The lowest BCUT2D eigenvalue weighted by molar-refractivity contribution is -0.121. The van der Waals surface area contributed by atoms with Gasteiger partial charge in [0.2, 0.25) is 15.9 Å². The van der Waals surface area contributed by atoms with E-state index >= 15 is 0 Å². The first kappa shape index (κ1) is 19.8. The summed E-state index contributed by atoms with van der Waals surface area (Å²) in [5.74, 6) is -0.138. The van der Waals surface area contributed by atoms with Crippen LogP contribution in [0.25, 0.3) is 0 Å². The summed E-state index contributed by atoms with van der Waals surface area (Å²) in [4.78, 5) is 18.8. The van der Waals surface area contributed by atoms with Gasteiger partial charge in [0, 0.05) is 29.9 Å². The fourth-order valence-corrected chi connectivity index (χ4v) is 3.80. The topological polar surface area (TPSA) is 105 Å². The predicted octanol–water partition coefficient (Wildman–Crippen LogP) is 2.23. The van der Waals surface area contributed by atoms with E-state index in [0.717, 1.165) is 38.0 Å². The van der Waals surface area contributed by atoms with Gasteiger partial charge in [-0.15, -0.1) is 0 Å². The highest BCUT2D eigenvalue weighted by Crippen LogP contribution is 2.23. The highest BCUT2D eigenvalue weighted by molar-refractivity contribution is 7.89. The Hall–Kier alpha value is -2.00. The van der Waals surface area contributed by atoms with E-state index in [2.05, 4.69) is 15.2 Å². The Morgan fingerprint density at radius 3 is 2.48 bits per heavy atom. The number of primary sulfonamides is 1. The molecule has 1 aromatic carbocycles. The van der Waals surface area contributed by atoms with Crippen molar-refractivity contribution >= 4 is 33.2 Å². The van der Waals surface area contributed by atoms with E-state index in [9.17, 15) is 13.2 Å². The monoisotopic (exact) mass is 408 g/mol. The third kappa shape index (κ3) is 5.26. The van der Waals surface area contributed by atoms with E-state index in [1.807, 2.05) is 12.1 Å². The molecular weight excluding hydrogens is 388 g/mol. The van der Waals surface area contributed by atoms with E-state index in [0.29, 0.717) is 10.8 Å². The number of pyridine rings is 1. The Morgan fingerprint density at radius 1 is 1.22 bits per heavy atom. The Morgan fingerprint density at radius 2 is 1.89 bits per heavy atom. The number of sulfonamides is 1. The second-order valence-electron chi connectivity index (χ2n) is 6.56. The van der Waals surface area contributed by atoms with E-state index < -0.39 is 10.0 Å². The summed E-state index contributed by atoms with van der Waals surface area (Å²) in [7, 11) is -3.74. The maximum absolute atomic E-state index is 12.5. The fraction of sp³-hybridized carbons (Fsp3) is 0.333. The van der Waals surface area contributed by atoms with Crippen LogP contribution < -0.4 is 10.5 Å². The van der Waals surface area contributed by atoms with Crippen molar-refractivity contribution in [1.29, 1.82) is 0 Å². The van der Waals surface area contributed by atoms with Gasteiger partial charge in [-0.2, -0.15) is 0 Å². The fourth-order valence-electron chi connectivity index (χ4n) is 3.10. The van der Waals surface area contributed by atoms with E-state index in [1.54, 1.807) is 6.20 Å². The smallest absolute Gasteiger partial charge is 0.238 e. The molecule has 1 aliphatic heterocycles. The maximum atomic E-state index is 12.5. The number of likely N-dealkylation sites (tertiary alicyclic amines) is 1. The molecule has 9 heteroatoms. The number of halogens is 1. The van der Waals surface area contributed by atoms with Gasteiger partial charge in [0.15, 0.2) is 0 Å². The van der Waals surface area contributed by atoms with Crippen molar-refractivity contribution in [3.63, 3.8) is 0 Å². The third-order valence-corrected chi connectivity index (χ3v) is 5.91. The minimum absolute atomic E-state index is 0.0165. The molecule has 0 aliphatic carbocycles. The molecule has 0 unspecified atom stereocenters. The Bertz CT molecular complexity index is 910. The Balaban J connectivity index is 1.52. The molecule has 3 N–H and O–H groups in total. The first-order chi connectivity index (χ1) is 12.8. The van der Waals surface area contributed by atoms with Gasteiger partial charge in [-0.25, -0.2) is 18.5 Å². The Labute approximate surface area is 163 Å². The average Bonchev–Trinajstić information content (AvgIpc) is 2.64. The van der Waals surface area contributed by atoms with Crippen molar-refractivity contribution < 1.29 is 13.2 Å². The van der Waals surface area contributed by atoms with Crippen molar-refractivity contribution in [2.75, 3.05) is 18.4 Å². The maximum Gasteiger partial charge on any atom is 0.238 e. The first-order valence-electron chi connectivity index (χ1n) is 8.58. The van der Waals surface area contributed by atoms with Crippen LogP contribution in [0, 0.1) is 5.92 Å². The summed E-state index contributed by atoms with van der Waals surface area (Å²) >= 11 is 6.10. The summed E-state index contributed by atoms with van der Waals surface area (Å²) < 4.78 is 22.5. The molecule has 144 valence electrons. The van der Waals surface area contributed by atoms with Crippen LogP contribution in [0.15, 0.2) is 47.5 Å². The number of carbonyl (C=O) groups is 1. The molecule has 1 saturated heterocycles. The van der Waals surface area contributed by atoms with Gasteiger partial charge in [-0.05, 0) is 56.3 Å². The summed E-state index contributed by atoms with van der Waals surface area (Å²) in [5, 5.41) is 8.42. The number of aromatic nitrogens is 1. The average molecular weight is 409 g/mol. The highest BCUT2D eigenvalue weighted by Gasteiger charge is 2.25. The van der Waals surface area contributed by atoms with E-state index in [1.165, 1.54) is 24.3 Å². The van der Waals surface area contributed by atoms with Gasteiger partial charge in [0.05, 0.1) is 4.90 Å². The first-order valence-corrected chi connectivity index (χ1v) is 10.5. The van der Waals surface area contributed by atoms with Crippen LogP contribution in [0.2, 0.25) is 5.15 Å². The molecule has 0 atom stereocenters. The quantitative estimate of drug-likeness (QED) is 0.738. The van der Waals surface area contributed by atoms with Crippen LogP contribution in [0.3, 0.4) is 0 Å². The lowest BCUT2D eigenvalue weighted by Gasteiger charge is -2.31. The molecule has 1 aromatic heterocycles. The molecule has 1 fully saturated rings. The lowest BCUT2D eigenvalue weighted by Crippen LogP contribution is -2.37. The minimum Gasteiger partial charge on any atom is -0.326 e. The SMILES string of the molecule is NS(=O)(=O)c1ccc(NC(=O)C2CCN(Cc3cccnc3Cl)CC2)cc1. The molecule has 1 aliphatic rings. The Kier molecular flexibility index (Phi) is 6.11. The molecule has 2 aromatic rings. The predicted molar refractivity (Wildman–Crippen MR) is 104 cm³/mol. The van der Waals surface area contributed by atoms with Crippen molar-refractivity contribution in [3.8, 4) is 0 Å². The summed E-state index contributed by atoms with van der Waals surface area (Å²) in [5.41, 5.74) is 1.54. The molecule has 1 amide bonds. The number of nitrogens with one attached hydrogen (secondary N) is 1. The molecular formula is C18H21ClN4O3S. The minimum atomic E-state index is -3.74. The van der Waals surface area contributed by atoms with Crippen molar-refractivity contribution in [3.05, 3.63) is 53.3 Å². The van der Waals surface area contributed by atoms with Crippen LogP contribution in [0.5, 0.6) is 0 Å². The lowest BCUT2D eigenvalue weighted by atomic mass is 9.95. The number of anilines is 1. The van der Waals surface area contributed by atoms with Gasteiger partial charge in [0.25, 0.3) is 0 Å².